The molecule has 0 aromatic carbocycles. The van der Waals surface area contributed by atoms with Crippen molar-refractivity contribution >= 4 is 0 Å². The monoisotopic (exact) mass is 266 g/mol. The number of aliphatic hydroxyl groups excluding tert-OH is 2. The van der Waals surface area contributed by atoms with E-state index >= 15 is 0 Å². The van der Waals surface area contributed by atoms with Crippen LogP contribution in [0.25, 0.3) is 0 Å². The predicted molar refractivity (Wildman–Crippen MR) is 73.6 cm³/mol. The van der Waals surface area contributed by atoms with E-state index in [0.717, 1.165) is 44.7 Å². The number of hydrogen-bond acceptors (Lipinski definition) is 5. The van der Waals surface area contributed by atoms with Gasteiger partial charge in [-0.1, -0.05) is 6.08 Å². The lowest BCUT2D eigenvalue weighted by Gasteiger charge is -2.34. The molecular formula is C14H22N2O3. The minimum atomic E-state index is 0.215. The van der Waals surface area contributed by atoms with Crippen LogP contribution in [0.5, 0.6) is 0 Å². The largest absolute Gasteiger partial charge is 0.504 e. The number of allylic oxidation sites excluding steroid dienone is 3. The Kier molecular flexibility index (Phi) is 4.87. The summed E-state index contributed by atoms with van der Waals surface area (Å²) < 4.78 is 5.12. The number of ether oxygens (including phenoxy) is 1. The summed E-state index contributed by atoms with van der Waals surface area (Å²) in [5.41, 5.74) is 0.898. The second-order valence-electron chi connectivity index (χ2n) is 4.78. The molecule has 0 unspecified atom stereocenters. The number of rotatable bonds is 4. The average Bonchev–Trinajstić information content (AvgIpc) is 2.43. The zero-order valence-electron chi connectivity index (χ0n) is 11.4. The molecule has 19 heavy (non-hydrogen) atoms. The zero-order valence-corrected chi connectivity index (χ0v) is 11.4. The normalized spacial score (nSPS) is 23.3. The van der Waals surface area contributed by atoms with Gasteiger partial charge in [0, 0.05) is 44.5 Å². The lowest BCUT2D eigenvalue weighted by molar-refractivity contribution is 0.137. The number of hydrogen-bond donors (Lipinski definition) is 2. The zero-order chi connectivity index (χ0) is 13.7. The van der Waals surface area contributed by atoms with Gasteiger partial charge in [0.2, 0.25) is 0 Å². The number of aliphatic hydroxyl groups is 2. The van der Waals surface area contributed by atoms with Gasteiger partial charge in [0.1, 0.15) is 0 Å². The highest BCUT2D eigenvalue weighted by Crippen LogP contribution is 2.23. The third-order valence-corrected chi connectivity index (χ3v) is 3.53. The first-order valence-electron chi connectivity index (χ1n) is 6.66. The first-order chi connectivity index (χ1) is 9.24. The van der Waals surface area contributed by atoms with Crippen LogP contribution in [0.4, 0.5) is 0 Å². The van der Waals surface area contributed by atoms with Gasteiger partial charge in [-0.15, -0.1) is 0 Å². The predicted octanol–water partition coefficient (Wildman–Crippen LogP) is 0.856. The van der Waals surface area contributed by atoms with Crippen molar-refractivity contribution in [2.75, 3.05) is 46.4 Å². The minimum absolute atomic E-state index is 0.215. The van der Waals surface area contributed by atoms with Gasteiger partial charge in [-0.25, -0.2) is 0 Å². The van der Waals surface area contributed by atoms with Gasteiger partial charge < -0.3 is 19.8 Å². The van der Waals surface area contributed by atoms with E-state index in [-0.39, 0.29) is 12.4 Å². The van der Waals surface area contributed by atoms with Gasteiger partial charge in [0.25, 0.3) is 0 Å². The fourth-order valence-corrected chi connectivity index (χ4v) is 2.38. The summed E-state index contributed by atoms with van der Waals surface area (Å²) in [6.07, 6.45) is 6.54. The molecule has 1 heterocycles. The Labute approximate surface area is 114 Å². The van der Waals surface area contributed by atoms with Gasteiger partial charge in [0.15, 0.2) is 11.5 Å². The van der Waals surface area contributed by atoms with Crippen molar-refractivity contribution in [1.29, 1.82) is 0 Å². The summed E-state index contributed by atoms with van der Waals surface area (Å²) in [4.78, 5) is 4.46. The van der Waals surface area contributed by atoms with Crippen LogP contribution in [0.3, 0.4) is 0 Å². The summed E-state index contributed by atoms with van der Waals surface area (Å²) in [7, 11) is 1.56. The van der Waals surface area contributed by atoms with E-state index in [2.05, 4.69) is 9.80 Å². The average molecular weight is 266 g/mol. The summed E-state index contributed by atoms with van der Waals surface area (Å²) >= 11 is 0. The molecule has 0 radical (unpaired) electrons. The number of β-amino-alcohol motifs (C(OH)–C–C–N with tert-alkyl or cyclic N) is 1. The molecule has 0 atom stereocenters. The van der Waals surface area contributed by atoms with E-state index in [1.807, 2.05) is 12.3 Å². The van der Waals surface area contributed by atoms with Gasteiger partial charge in [-0.3, -0.25) is 4.90 Å². The highest BCUT2D eigenvalue weighted by Gasteiger charge is 2.17. The number of methoxy groups -OCH3 is 1. The molecule has 2 aliphatic rings. The Morgan fingerprint density at radius 1 is 1.32 bits per heavy atom. The molecule has 2 N–H and O–H groups in total. The topological polar surface area (TPSA) is 56.2 Å². The summed E-state index contributed by atoms with van der Waals surface area (Å²) in [5, 5.41) is 19.0. The molecule has 0 saturated carbocycles. The Morgan fingerprint density at radius 2 is 2.05 bits per heavy atom. The number of nitrogens with zero attached hydrogens (tertiary/aromatic N) is 2. The summed E-state index contributed by atoms with van der Waals surface area (Å²) in [6.45, 7) is 4.69. The van der Waals surface area contributed by atoms with Crippen molar-refractivity contribution in [2.45, 2.75) is 6.42 Å². The van der Waals surface area contributed by atoms with E-state index in [0.29, 0.717) is 5.76 Å². The first-order valence-corrected chi connectivity index (χ1v) is 6.66. The summed E-state index contributed by atoms with van der Waals surface area (Å²) in [6, 6.07) is 0. The van der Waals surface area contributed by atoms with Gasteiger partial charge in [-0.05, 0) is 12.5 Å². The molecule has 5 nitrogen and oxygen atoms in total. The third-order valence-electron chi connectivity index (χ3n) is 3.53. The molecule has 1 saturated heterocycles. The Bertz CT molecular complexity index is 393. The molecule has 1 fully saturated rings. The second kappa shape index (κ2) is 6.63. The molecule has 106 valence electrons. The molecule has 0 spiro atoms. The highest BCUT2D eigenvalue weighted by molar-refractivity contribution is 5.37. The molecular weight excluding hydrogens is 244 g/mol. The smallest absolute Gasteiger partial charge is 0.162 e. The maximum Gasteiger partial charge on any atom is 0.162 e. The maximum atomic E-state index is 10.1. The van der Waals surface area contributed by atoms with Crippen molar-refractivity contribution in [1.82, 2.24) is 9.80 Å². The standard InChI is InChI=1S/C14H22N2O3/c1-19-13-4-2-3-12(14(13)18)11-16-7-5-15(6-8-16)9-10-17/h2,4,11,17-18H,3,5-10H2,1H3. The van der Waals surface area contributed by atoms with Crippen molar-refractivity contribution in [3.63, 3.8) is 0 Å². The van der Waals surface area contributed by atoms with E-state index in [9.17, 15) is 5.11 Å². The van der Waals surface area contributed by atoms with Crippen molar-refractivity contribution in [3.05, 3.63) is 35.4 Å². The highest BCUT2D eigenvalue weighted by atomic mass is 16.5. The maximum absolute atomic E-state index is 10.1. The quantitative estimate of drug-likeness (QED) is 0.790. The molecule has 0 aromatic heterocycles. The van der Waals surface area contributed by atoms with Crippen LogP contribution in [0.1, 0.15) is 6.42 Å². The summed E-state index contributed by atoms with van der Waals surface area (Å²) in [5.74, 6) is 0.763. The molecule has 0 bridgehead atoms. The van der Waals surface area contributed by atoms with Crippen molar-refractivity contribution in [3.8, 4) is 0 Å². The molecule has 0 aromatic rings. The van der Waals surface area contributed by atoms with E-state index in [1.54, 1.807) is 13.2 Å². The molecule has 2 rings (SSSR count). The van der Waals surface area contributed by atoms with Gasteiger partial charge >= 0.3 is 0 Å². The van der Waals surface area contributed by atoms with Gasteiger partial charge in [-0.2, -0.15) is 0 Å². The minimum Gasteiger partial charge on any atom is -0.504 e. The van der Waals surface area contributed by atoms with Crippen LogP contribution in [0, 0.1) is 0 Å². The first kappa shape index (κ1) is 14.0. The molecule has 1 aliphatic carbocycles. The van der Waals surface area contributed by atoms with E-state index in [1.165, 1.54) is 0 Å². The van der Waals surface area contributed by atoms with Crippen LogP contribution in [0.2, 0.25) is 0 Å². The second-order valence-corrected chi connectivity index (χ2v) is 4.78. The lowest BCUT2D eigenvalue weighted by atomic mass is 10.1. The van der Waals surface area contributed by atoms with Crippen molar-refractivity contribution < 1.29 is 14.9 Å². The molecule has 1 aliphatic heterocycles. The van der Waals surface area contributed by atoms with Crippen molar-refractivity contribution in [2.24, 2.45) is 0 Å². The van der Waals surface area contributed by atoms with Crippen LogP contribution in [0.15, 0.2) is 35.4 Å². The Morgan fingerprint density at radius 3 is 2.68 bits per heavy atom. The fraction of sp³-hybridized carbons (Fsp3) is 0.571. The van der Waals surface area contributed by atoms with Crippen LogP contribution >= 0.6 is 0 Å². The third kappa shape index (κ3) is 3.52. The fourth-order valence-electron chi connectivity index (χ4n) is 2.38. The number of piperazine rings is 1. The molecule has 0 amide bonds. The SMILES string of the molecule is COC1=C(O)C(=CN2CCN(CCO)CC2)CC=C1. The Hall–Kier alpha value is -1.46. The van der Waals surface area contributed by atoms with Crippen LogP contribution in [-0.2, 0) is 4.74 Å². The Balaban J connectivity index is 1.96. The van der Waals surface area contributed by atoms with Crippen LogP contribution in [-0.4, -0.2) is 66.5 Å². The van der Waals surface area contributed by atoms with Gasteiger partial charge in [0.05, 0.1) is 13.7 Å². The van der Waals surface area contributed by atoms with E-state index < -0.39 is 0 Å². The lowest BCUT2D eigenvalue weighted by Crippen LogP contribution is -2.45. The van der Waals surface area contributed by atoms with Crippen LogP contribution < -0.4 is 0 Å². The van der Waals surface area contributed by atoms with E-state index in [4.69, 9.17) is 9.84 Å². The molecule has 5 heteroatoms.